The average molecular weight is 397 g/mol. The Morgan fingerprint density at radius 3 is 2.21 bits per heavy atom. The summed E-state index contributed by atoms with van der Waals surface area (Å²) in [4.78, 5) is 25.9. The van der Waals surface area contributed by atoms with Crippen LogP contribution in [-0.4, -0.2) is 39.7 Å². The van der Waals surface area contributed by atoms with Gasteiger partial charge < -0.3 is 24.4 Å². The lowest BCUT2D eigenvalue weighted by atomic mass is 10.1. The standard InChI is InChI=1S/C21H23N3O5/c1-14(25)24(17-8-6-5-7-15(17)13-22)10-9-20(26)23-16-11-18(27-2)21(29-4)19(12-16)28-3/h5-8,11-12H,9-10H2,1-4H3,(H,23,26). The van der Waals surface area contributed by atoms with Crippen molar-refractivity contribution in [1.82, 2.24) is 0 Å². The summed E-state index contributed by atoms with van der Waals surface area (Å²) < 4.78 is 15.8. The molecule has 8 nitrogen and oxygen atoms in total. The van der Waals surface area contributed by atoms with Crippen molar-refractivity contribution in [3.8, 4) is 23.3 Å². The number of para-hydroxylation sites is 1. The number of carbonyl (C=O) groups excluding carboxylic acids is 2. The molecule has 0 unspecified atom stereocenters. The van der Waals surface area contributed by atoms with Gasteiger partial charge in [-0.3, -0.25) is 9.59 Å². The fourth-order valence-electron chi connectivity index (χ4n) is 2.84. The van der Waals surface area contributed by atoms with Crippen LogP contribution in [0.5, 0.6) is 17.2 Å². The Morgan fingerprint density at radius 1 is 1.07 bits per heavy atom. The highest BCUT2D eigenvalue weighted by molar-refractivity contribution is 5.96. The van der Waals surface area contributed by atoms with E-state index in [4.69, 9.17) is 14.2 Å². The molecule has 0 aromatic heterocycles. The zero-order chi connectivity index (χ0) is 21.4. The van der Waals surface area contributed by atoms with Gasteiger partial charge >= 0.3 is 0 Å². The summed E-state index contributed by atoms with van der Waals surface area (Å²) in [5, 5.41) is 12.0. The number of benzene rings is 2. The zero-order valence-electron chi connectivity index (χ0n) is 16.8. The van der Waals surface area contributed by atoms with Crippen molar-refractivity contribution < 1.29 is 23.8 Å². The van der Waals surface area contributed by atoms with Gasteiger partial charge in [0.2, 0.25) is 17.6 Å². The van der Waals surface area contributed by atoms with E-state index in [1.54, 1.807) is 36.4 Å². The summed E-state index contributed by atoms with van der Waals surface area (Å²) in [5.41, 5.74) is 1.31. The van der Waals surface area contributed by atoms with Crippen molar-refractivity contribution in [2.45, 2.75) is 13.3 Å². The number of anilines is 2. The maximum Gasteiger partial charge on any atom is 0.226 e. The van der Waals surface area contributed by atoms with Gasteiger partial charge in [0.1, 0.15) is 6.07 Å². The van der Waals surface area contributed by atoms with E-state index in [-0.39, 0.29) is 24.8 Å². The summed E-state index contributed by atoms with van der Waals surface area (Å²) in [6, 6.07) is 12.1. The Labute approximate surface area is 169 Å². The molecule has 0 radical (unpaired) electrons. The quantitative estimate of drug-likeness (QED) is 0.735. The smallest absolute Gasteiger partial charge is 0.226 e. The molecule has 2 rings (SSSR count). The molecule has 2 aromatic carbocycles. The van der Waals surface area contributed by atoms with Gasteiger partial charge in [0, 0.05) is 37.7 Å². The molecule has 0 aliphatic heterocycles. The third-order valence-corrected chi connectivity index (χ3v) is 4.21. The Bertz CT molecular complexity index is 911. The van der Waals surface area contributed by atoms with Crippen LogP contribution >= 0.6 is 0 Å². The topological polar surface area (TPSA) is 101 Å². The summed E-state index contributed by atoms with van der Waals surface area (Å²) in [6.07, 6.45) is 0.0377. The number of nitrogens with one attached hydrogen (secondary N) is 1. The number of hydrogen-bond donors (Lipinski definition) is 1. The predicted octanol–water partition coefficient (Wildman–Crippen LogP) is 2.97. The lowest BCUT2D eigenvalue weighted by Crippen LogP contribution is -2.32. The van der Waals surface area contributed by atoms with Gasteiger partial charge in [0.15, 0.2) is 11.5 Å². The average Bonchev–Trinajstić information content (AvgIpc) is 2.73. The van der Waals surface area contributed by atoms with E-state index in [1.807, 2.05) is 0 Å². The van der Waals surface area contributed by atoms with Crippen molar-refractivity contribution in [1.29, 1.82) is 5.26 Å². The maximum atomic E-state index is 12.5. The van der Waals surface area contributed by atoms with Crippen LogP contribution in [0.15, 0.2) is 36.4 Å². The second-order valence-corrected chi connectivity index (χ2v) is 6.01. The van der Waals surface area contributed by atoms with Crippen molar-refractivity contribution in [3.63, 3.8) is 0 Å². The Kier molecular flexibility index (Phi) is 7.43. The minimum Gasteiger partial charge on any atom is -0.493 e. The van der Waals surface area contributed by atoms with Crippen molar-refractivity contribution in [2.24, 2.45) is 0 Å². The molecule has 1 N–H and O–H groups in total. The zero-order valence-corrected chi connectivity index (χ0v) is 16.8. The summed E-state index contributed by atoms with van der Waals surface area (Å²) >= 11 is 0. The van der Waals surface area contributed by atoms with E-state index in [0.717, 1.165) is 0 Å². The molecule has 152 valence electrons. The molecular weight excluding hydrogens is 374 g/mol. The second kappa shape index (κ2) is 9.99. The minimum atomic E-state index is -0.306. The van der Waals surface area contributed by atoms with Crippen LogP contribution in [-0.2, 0) is 9.59 Å². The largest absolute Gasteiger partial charge is 0.493 e. The number of methoxy groups -OCH3 is 3. The molecule has 0 fully saturated rings. The van der Waals surface area contributed by atoms with Gasteiger partial charge in [-0.2, -0.15) is 5.26 Å². The first-order chi connectivity index (χ1) is 13.9. The first kappa shape index (κ1) is 21.6. The molecule has 0 atom stereocenters. The van der Waals surface area contributed by atoms with E-state index in [1.165, 1.54) is 33.2 Å². The Hall–Kier alpha value is -3.73. The highest BCUT2D eigenvalue weighted by Gasteiger charge is 2.18. The maximum absolute atomic E-state index is 12.5. The Balaban J connectivity index is 2.14. The molecule has 0 spiro atoms. The van der Waals surface area contributed by atoms with Gasteiger partial charge in [-0.1, -0.05) is 12.1 Å². The lowest BCUT2D eigenvalue weighted by Gasteiger charge is -2.22. The molecule has 0 saturated heterocycles. The van der Waals surface area contributed by atoms with Gasteiger partial charge in [-0.05, 0) is 12.1 Å². The third kappa shape index (κ3) is 5.17. The van der Waals surface area contributed by atoms with Crippen LogP contribution in [0.25, 0.3) is 0 Å². The normalized spacial score (nSPS) is 9.90. The first-order valence-electron chi connectivity index (χ1n) is 8.82. The highest BCUT2D eigenvalue weighted by Crippen LogP contribution is 2.39. The number of amides is 2. The van der Waals surface area contributed by atoms with Crippen molar-refractivity contribution >= 4 is 23.2 Å². The van der Waals surface area contributed by atoms with Crippen molar-refractivity contribution in [3.05, 3.63) is 42.0 Å². The molecule has 0 aliphatic carbocycles. The molecule has 0 aliphatic rings. The lowest BCUT2D eigenvalue weighted by molar-refractivity contribution is -0.117. The van der Waals surface area contributed by atoms with E-state index in [0.29, 0.717) is 34.2 Å². The molecule has 29 heavy (non-hydrogen) atoms. The van der Waals surface area contributed by atoms with Crippen LogP contribution in [0.3, 0.4) is 0 Å². The fraction of sp³-hybridized carbons (Fsp3) is 0.286. The molecule has 0 saturated carbocycles. The number of hydrogen-bond acceptors (Lipinski definition) is 6. The predicted molar refractivity (Wildman–Crippen MR) is 109 cm³/mol. The van der Waals surface area contributed by atoms with Crippen molar-refractivity contribution in [2.75, 3.05) is 38.1 Å². The van der Waals surface area contributed by atoms with Gasteiger partial charge in [-0.15, -0.1) is 0 Å². The molecule has 0 heterocycles. The Morgan fingerprint density at radius 2 is 1.69 bits per heavy atom. The molecule has 8 heteroatoms. The molecule has 2 amide bonds. The molecular formula is C21H23N3O5. The third-order valence-electron chi connectivity index (χ3n) is 4.21. The summed E-state index contributed by atoms with van der Waals surface area (Å²) in [5.74, 6) is 0.683. The van der Waals surface area contributed by atoms with Crippen LogP contribution in [0, 0.1) is 11.3 Å². The number of rotatable bonds is 8. The van der Waals surface area contributed by atoms with E-state index in [9.17, 15) is 14.9 Å². The number of nitriles is 1. The van der Waals surface area contributed by atoms with E-state index >= 15 is 0 Å². The van der Waals surface area contributed by atoms with Crippen LogP contribution < -0.4 is 24.4 Å². The van der Waals surface area contributed by atoms with Gasteiger partial charge in [0.25, 0.3) is 0 Å². The SMILES string of the molecule is COc1cc(NC(=O)CCN(C(C)=O)c2ccccc2C#N)cc(OC)c1OC. The van der Waals surface area contributed by atoms with E-state index < -0.39 is 0 Å². The minimum absolute atomic E-state index is 0.0377. The van der Waals surface area contributed by atoms with Gasteiger partial charge in [-0.25, -0.2) is 0 Å². The van der Waals surface area contributed by atoms with Crippen LogP contribution in [0.2, 0.25) is 0 Å². The van der Waals surface area contributed by atoms with Crippen LogP contribution in [0.1, 0.15) is 18.9 Å². The highest BCUT2D eigenvalue weighted by atomic mass is 16.5. The first-order valence-corrected chi connectivity index (χ1v) is 8.82. The summed E-state index contributed by atoms with van der Waals surface area (Å²) in [7, 11) is 4.47. The summed E-state index contributed by atoms with van der Waals surface area (Å²) in [6.45, 7) is 1.52. The van der Waals surface area contributed by atoms with Crippen LogP contribution in [0.4, 0.5) is 11.4 Å². The van der Waals surface area contributed by atoms with E-state index in [2.05, 4.69) is 11.4 Å². The monoisotopic (exact) mass is 397 g/mol. The second-order valence-electron chi connectivity index (χ2n) is 6.01. The molecule has 0 bridgehead atoms. The number of carbonyl (C=O) groups is 2. The fourth-order valence-corrected chi connectivity index (χ4v) is 2.84. The van der Waals surface area contributed by atoms with Gasteiger partial charge in [0.05, 0.1) is 32.6 Å². The molecule has 2 aromatic rings. The number of nitrogens with zero attached hydrogens (tertiary/aromatic N) is 2. The number of ether oxygens (including phenoxy) is 3.